The third-order valence-corrected chi connectivity index (χ3v) is 2.71. The number of amides is 2. The van der Waals surface area contributed by atoms with Gasteiger partial charge in [-0.3, -0.25) is 9.59 Å². The largest absolute Gasteiger partial charge is 0.370 e. The molecule has 94 valence electrons. The Morgan fingerprint density at radius 1 is 1.47 bits per heavy atom. The monoisotopic (exact) mass is 257 g/mol. The van der Waals surface area contributed by atoms with Crippen LogP contribution in [-0.2, 0) is 4.79 Å². The molecule has 0 aromatic carbocycles. The van der Waals surface area contributed by atoms with E-state index in [1.165, 1.54) is 0 Å². The summed E-state index contributed by atoms with van der Waals surface area (Å²) in [6, 6.07) is -0.313. The zero-order chi connectivity index (χ0) is 12.8. The molecule has 1 heterocycles. The fraction of sp³-hybridized carbons (Fsp3) is 0.556. The first-order valence-electron chi connectivity index (χ1n) is 5.19. The summed E-state index contributed by atoms with van der Waals surface area (Å²) >= 11 is 1.16. The summed E-state index contributed by atoms with van der Waals surface area (Å²) in [6.45, 7) is 4.35. The van der Waals surface area contributed by atoms with Crippen LogP contribution in [0, 0.1) is 0 Å². The Balaban J connectivity index is 2.54. The second kappa shape index (κ2) is 6.14. The van der Waals surface area contributed by atoms with E-state index < -0.39 is 5.91 Å². The van der Waals surface area contributed by atoms with Gasteiger partial charge in [-0.1, -0.05) is 11.3 Å². The summed E-state index contributed by atoms with van der Waals surface area (Å²) in [5.74, 6) is -0.802. The van der Waals surface area contributed by atoms with Crippen molar-refractivity contribution in [3.8, 4) is 0 Å². The van der Waals surface area contributed by atoms with Crippen molar-refractivity contribution in [3.05, 3.63) is 5.01 Å². The Kier molecular flexibility index (Phi) is 4.83. The van der Waals surface area contributed by atoms with Crippen LogP contribution in [0.25, 0.3) is 0 Å². The summed E-state index contributed by atoms with van der Waals surface area (Å²) in [4.78, 5) is 22.3. The Morgan fingerprint density at radius 2 is 2.18 bits per heavy atom. The van der Waals surface area contributed by atoms with E-state index in [2.05, 4.69) is 20.8 Å². The predicted molar refractivity (Wildman–Crippen MR) is 64.8 cm³/mol. The Labute approximate surface area is 103 Å². The number of primary amides is 1. The molecule has 1 rings (SSSR count). The number of anilines is 1. The highest BCUT2D eigenvalue weighted by molar-refractivity contribution is 7.17. The van der Waals surface area contributed by atoms with Crippen LogP contribution in [0.4, 0.5) is 5.13 Å². The number of carbonyl (C=O) groups excluding carboxylic acids is 2. The lowest BCUT2D eigenvalue weighted by atomic mass is 10.2. The fourth-order valence-corrected chi connectivity index (χ4v) is 1.89. The topological polar surface area (TPSA) is 110 Å². The van der Waals surface area contributed by atoms with Gasteiger partial charge in [0.1, 0.15) is 0 Å². The summed E-state index contributed by atoms with van der Waals surface area (Å²) in [5, 5.41) is 14.0. The van der Waals surface area contributed by atoms with Crippen molar-refractivity contribution in [3.63, 3.8) is 0 Å². The normalized spacial score (nSPS) is 11.9. The lowest BCUT2D eigenvalue weighted by molar-refractivity contribution is -0.118. The average molecular weight is 257 g/mol. The minimum Gasteiger partial charge on any atom is -0.370 e. The molecule has 1 unspecified atom stereocenters. The summed E-state index contributed by atoms with van der Waals surface area (Å²) in [7, 11) is 0. The molecular formula is C9H15N5O2S. The maximum atomic E-state index is 11.7. The third-order valence-electron chi connectivity index (χ3n) is 1.83. The number of hydrogen-bond donors (Lipinski definition) is 3. The molecule has 17 heavy (non-hydrogen) atoms. The van der Waals surface area contributed by atoms with Crippen molar-refractivity contribution in [1.82, 2.24) is 15.5 Å². The molecule has 0 fully saturated rings. The smallest absolute Gasteiger partial charge is 0.282 e. The second-order valence-electron chi connectivity index (χ2n) is 3.49. The molecule has 0 aliphatic rings. The van der Waals surface area contributed by atoms with Crippen LogP contribution >= 0.6 is 11.3 Å². The Hall–Kier alpha value is -1.70. The van der Waals surface area contributed by atoms with E-state index >= 15 is 0 Å². The van der Waals surface area contributed by atoms with Crippen LogP contribution in [0.3, 0.4) is 0 Å². The number of nitrogens with zero attached hydrogens (tertiary/aromatic N) is 2. The van der Waals surface area contributed by atoms with Crippen molar-refractivity contribution < 1.29 is 9.59 Å². The minimum absolute atomic E-state index is 0.102. The molecule has 4 N–H and O–H groups in total. The van der Waals surface area contributed by atoms with Gasteiger partial charge in [-0.15, -0.1) is 10.2 Å². The highest BCUT2D eigenvalue weighted by Crippen LogP contribution is 2.14. The molecule has 1 atom stereocenters. The molecule has 1 aromatic heterocycles. The second-order valence-corrected chi connectivity index (χ2v) is 4.47. The van der Waals surface area contributed by atoms with E-state index in [0.29, 0.717) is 11.7 Å². The van der Waals surface area contributed by atoms with Crippen molar-refractivity contribution in [2.24, 2.45) is 5.73 Å². The van der Waals surface area contributed by atoms with E-state index in [1.54, 1.807) is 6.92 Å². The van der Waals surface area contributed by atoms with Crippen LogP contribution in [-0.4, -0.2) is 34.6 Å². The lowest BCUT2D eigenvalue weighted by Gasteiger charge is -2.09. The van der Waals surface area contributed by atoms with E-state index in [9.17, 15) is 9.59 Å². The molecule has 0 saturated heterocycles. The summed E-state index contributed by atoms with van der Waals surface area (Å²) in [5.41, 5.74) is 5.03. The molecule has 1 aromatic rings. The number of rotatable bonds is 6. The van der Waals surface area contributed by atoms with Crippen LogP contribution in [0.5, 0.6) is 0 Å². The van der Waals surface area contributed by atoms with Crippen molar-refractivity contribution in [2.75, 3.05) is 11.9 Å². The molecule has 7 nitrogen and oxygen atoms in total. The molecule has 0 bridgehead atoms. The minimum atomic E-state index is -0.455. The number of hydrogen-bond acceptors (Lipinski definition) is 6. The van der Waals surface area contributed by atoms with Gasteiger partial charge in [0.2, 0.25) is 16.0 Å². The molecule has 2 amide bonds. The summed E-state index contributed by atoms with van der Waals surface area (Å²) < 4.78 is 0. The maximum Gasteiger partial charge on any atom is 0.282 e. The van der Waals surface area contributed by atoms with Gasteiger partial charge >= 0.3 is 0 Å². The number of nitrogens with one attached hydrogen (secondary N) is 2. The Morgan fingerprint density at radius 3 is 2.76 bits per heavy atom. The number of nitrogens with two attached hydrogens (primary N) is 1. The zero-order valence-electron chi connectivity index (χ0n) is 9.69. The molecule has 0 radical (unpaired) electrons. The molecule has 0 aliphatic carbocycles. The van der Waals surface area contributed by atoms with E-state index in [1.807, 2.05) is 6.92 Å². The molecule has 0 spiro atoms. The average Bonchev–Trinajstić information content (AvgIpc) is 2.65. The van der Waals surface area contributed by atoms with Gasteiger partial charge in [0.15, 0.2) is 0 Å². The SMILES string of the molecule is CCNc1nnc(C(=O)NC(C)CC(N)=O)s1. The molecule has 0 aliphatic heterocycles. The summed E-state index contributed by atoms with van der Waals surface area (Å²) in [6.07, 6.45) is 0.102. The number of carbonyl (C=O) groups is 2. The highest BCUT2D eigenvalue weighted by atomic mass is 32.1. The highest BCUT2D eigenvalue weighted by Gasteiger charge is 2.15. The predicted octanol–water partition coefficient (Wildman–Crippen LogP) is -0.0364. The van der Waals surface area contributed by atoms with Gasteiger partial charge in [-0.05, 0) is 13.8 Å². The van der Waals surface area contributed by atoms with Crippen LogP contribution < -0.4 is 16.4 Å². The van der Waals surface area contributed by atoms with Crippen molar-refractivity contribution in [2.45, 2.75) is 26.3 Å². The van der Waals surface area contributed by atoms with E-state index in [-0.39, 0.29) is 23.4 Å². The molecule has 0 saturated carbocycles. The van der Waals surface area contributed by atoms with Crippen LogP contribution in [0.1, 0.15) is 30.1 Å². The van der Waals surface area contributed by atoms with E-state index in [4.69, 9.17) is 5.73 Å². The van der Waals surface area contributed by atoms with Crippen LogP contribution in [0.15, 0.2) is 0 Å². The molecular weight excluding hydrogens is 242 g/mol. The van der Waals surface area contributed by atoms with Crippen molar-refractivity contribution in [1.29, 1.82) is 0 Å². The van der Waals surface area contributed by atoms with Crippen LogP contribution in [0.2, 0.25) is 0 Å². The maximum absolute atomic E-state index is 11.7. The quantitative estimate of drug-likeness (QED) is 0.662. The van der Waals surface area contributed by atoms with Gasteiger partial charge in [-0.25, -0.2) is 0 Å². The van der Waals surface area contributed by atoms with Crippen molar-refractivity contribution >= 4 is 28.3 Å². The lowest BCUT2D eigenvalue weighted by Crippen LogP contribution is -2.35. The molecule has 8 heteroatoms. The first kappa shape index (κ1) is 13.4. The zero-order valence-corrected chi connectivity index (χ0v) is 10.5. The van der Waals surface area contributed by atoms with Gasteiger partial charge in [0.25, 0.3) is 5.91 Å². The third kappa shape index (κ3) is 4.35. The van der Waals surface area contributed by atoms with Gasteiger partial charge in [-0.2, -0.15) is 0 Å². The fourth-order valence-electron chi connectivity index (χ4n) is 1.18. The van der Waals surface area contributed by atoms with Gasteiger partial charge in [0, 0.05) is 19.0 Å². The van der Waals surface area contributed by atoms with Gasteiger partial charge in [0.05, 0.1) is 0 Å². The Bertz CT molecular complexity index is 406. The standard InChI is InChI=1S/C9H15N5O2S/c1-3-11-9-14-13-8(17-9)7(16)12-5(2)4-6(10)15/h5H,3-4H2,1-2H3,(H2,10,15)(H,11,14)(H,12,16). The van der Waals surface area contributed by atoms with E-state index in [0.717, 1.165) is 11.3 Å². The van der Waals surface area contributed by atoms with Gasteiger partial charge < -0.3 is 16.4 Å². The first-order valence-corrected chi connectivity index (χ1v) is 6.01. The number of aromatic nitrogens is 2. The first-order chi connectivity index (χ1) is 8.02.